The second-order valence-electron chi connectivity index (χ2n) is 4.46. The number of hydrogen-bond donors (Lipinski definition) is 1. The number of hydrogen-bond acceptors (Lipinski definition) is 5. The van der Waals surface area contributed by atoms with E-state index in [-0.39, 0.29) is 5.03 Å². The van der Waals surface area contributed by atoms with Crippen molar-refractivity contribution in [3.05, 3.63) is 12.5 Å². The second kappa shape index (κ2) is 6.74. The van der Waals surface area contributed by atoms with Crippen LogP contribution in [0.1, 0.15) is 12.8 Å². The summed E-state index contributed by atoms with van der Waals surface area (Å²) in [6.45, 7) is 2.07. The van der Waals surface area contributed by atoms with E-state index in [1.165, 1.54) is 12.5 Å². The SMILES string of the molecule is Cn1cnc(S(=O)(=O)NCCSC2CCOCC2)c1. The summed E-state index contributed by atoms with van der Waals surface area (Å²) in [5.74, 6) is 0.775. The molecule has 0 atom stereocenters. The summed E-state index contributed by atoms with van der Waals surface area (Å²) in [7, 11) is -1.72. The first-order valence-corrected chi connectivity index (χ1v) is 8.78. The highest BCUT2D eigenvalue weighted by Gasteiger charge is 2.17. The van der Waals surface area contributed by atoms with Crippen molar-refractivity contribution < 1.29 is 13.2 Å². The lowest BCUT2D eigenvalue weighted by atomic mass is 10.2. The summed E-state index contributed by atoms with van der Waals surface area (Å²) in [4.78, 5) is 3.85. The van der Waals surface area contributed by atoms with Crippen molar-refractivity contribution in [3.63, 3.8) is 0 Å². The number of sulfonamides is 1. The molecule has 0 amide bonds. The van der Waals surface area contributed by atoms with E-state index in [0.29, 0.717) is 11.8 Å². The van der Waals surface area contributed by atoms with Gasteiger partial charge in [-0.2, -0.15) is 11.8 Å². The lowest BCUT2D eigenvalue weighted by Gasteiger charge is -2.21. The van der Waals surface area contributed by atoms with Gasteiger partial charge in [0.15, 0.2) is 5.03 Å². The predicted molar refractivity (Wildman–Crippen MR) is 74.7 cm³/mol. The number of rotatable bonds is 6. The van der Waals surface area contributed by atoms with E-state index in [1.807, 2.05) is 0 Å². The first-order valence-electron chi connectivity index (χ1n) is 6.25. The summed E-state index contributed by atoms with van der Waals surface area (Å²) < 4.78 is 33.2. The van der Waals surface area contributed by atoms with Gasteiger partial charge in [0, 0.05) is 44.0 Å². The Labute approximate surface area is 118 Å². The highest BCUT2D eigenvalue weighted by Crippen LogP contribution is 2.21. The number of ether oxygens (including phenoxy) is 1. The van der Waals surface area contributed by atoms with Crippen LogP contribution >= 0.6 is 11.8 Å². The lowest BCUT2D eigenvalue weighted by Crippen LogP contribution is -2.27. The van der Waals surface area contributed by atoms with Crippen molar-refractivity contribution in [1.29, 1.82) is 0 Å². The molecule has 0 aliphatic carbocycles. The van der Waals surface area contributed by atoms with Crippen LogP contribution in [-0.2, 0) is 21.8 Å². The third kappa shape index (κ3) is 4.48. The smallest absolute Gasteiger partial charge is 0.259 e. The van der Waals surface area contributed by atoms with Crippen LogP contribution in [0.25, 0.3) is 0 Å². The van der Waals surface area contributed by atoms with Gasteiger partial charge in [0.25, 0.3) is 10.0 Å². The van der Waals surface area contributed by atoms with Gasteiger partial charge in [-0.05, 0) is 12.8 Å². The Morgan fingerprint density at radius 2 is 2.26 bits per heavy atom. The molecular formula is C11H19N3O3S2. The fraction of sp³-hybridized carbons (Fsp3) is 0.727. The molecule has 0 spiro atoms. The Hall–Kier alpha value is -0.570. The van der Waals surface area contributed by atoms with Gasteiger partial charge in [0.2, 0.25) is 0 Å². The number of aromatic nitrogens is 2. The topological polar surface area (TPSA) is 73.2 Å². The van der Waals surface area contributed by atoms with Gasteiger partial charge in [-0.3, -0.25) is 0 Å². The summed E-state index contributed by atoms with van der Waals surface area (Å²) in [6, 6.07) is 0. The molecule has 1 saturated heterocycles. The summed E-state index contributed by atoms with van der Waals surface area (Å²) >= 11 is 1.81. The summed E-state index contributed by atoms with van der Waals surface area (Å²) in [5, 5.41) is 0.666. The largest absolute Gasteiger partial charge is 0.381 e. The predicted octanol–water partition coefficient (Wildman–Crippen LogP) is 0.611. The first-order chi connectivity index (χ1) is 9.08. The molecule has 1 aromatic heterocycles. The maximum absolute atomic E-state index is 11.9. The Balaban J connectivity index is 1.72. The molecule has 2 heterocycles. The van der Waals surface area contributed by atoms with Crippen LogP contribution in [0.4, 0.5) is 0 Å². The van der Waals surface area contributed by atoms with Crippen molar-refractivity contribution in [2.24, 2.45) is 7.05 Å². The number of imidazole rings is 1. The number of nitrogens with one attached hydrogen (secondary N) is 1. The lowest BCUT2D eigenvalue weighted by molar-refractivity contribution is 0.100. The van der Waals surface area contributed by atoms with Gasteiger partial charge >= 0.3 is 0 Å². The molecule has 6 nitrogen and oxygen atoms in total. The fourth-order valence-electron chi connectivity index (χ4n) is 1.85. The molecule has 0 unspecified atom stereocenters. The Morgan fingerprint density at radius 1 is 1.53 bits per heavy atom. The third-order valence-corrected chi connectivity index (χ3v) is 5.60. The van der Waals surface area contributed by atoms with Crippen molar-refractivity contribution in [3.8, 4) is 0 Å². The third-order valence-electron chi connectivity index (χ3n) is 2.87. The zero-order valence-electron chi connectivity index (χ0n) is 10.9. The van der Waals surface area contributed by atoms with Crippen LogP contribution in [-0.4, -0.2) is 48.7 Å². The van der Waals surface area contributed by atoms with Crippen LogP contribution in [0.3, 0.4) is 0 Å². The van der Waals surface area contributed by atoms with Crippen molar-refractivity contribution in [2.75, 3.05) is 25.5 Å². The molecule has 19 heavy (non-hydrogen) atoms. The van der Waals surface area contributed by atoms with Gasteiger partial charge in [0.05, 0.1) is 6.33 Å². The monoisotopic (exact) mass is 305 g/mol. The van der Waals surface area contributed by atoms with E-state index >= 15 is 0 Å². The van der Waals surface area contributed by atoms with E-state index in [2.05, 4.69) is 9.71 Å². The van der Waals surface area contributed by atoms with Gasteiger partial charge in [-0.15, -0.1) is 0 Å². The van der Waals surface area contributed by atoms with Crippen LogP contribution in [0.15, 0.2) is 17.6 Å². The fourth-order valence-corrected chi connectivity index (χ4v) is 4.06. The maximum Gasteiger partial charge on any atom is 0.259 e. The van der Waals surface area contributed by atoms with E-state index in [1.54, 1.807) is 23.4 Å². The maximum atomic E-state index is 11.9. The average molecular weight is 305 g/mol. The minimum atomic E-state index is -3.46. The first kappa shape index (κ1) is 14.8. The Bertz CT molecular complexity index is 495. The van der Waals surface area contributed by atoms with E-state index in [4.69, 9.17) is 4.74 Å². The van der Waals surface area contributed by atoms with Gasteiger partial charge in [-0.25, -0.2) is 18.1 Å². The van der Waals surface area contributed by atoms with E-state index in [9.17, 15) is 8.42 Å². The molecule has 8 heteroatoms. The molecule has 1 aliphatic rings. The zero-order valence-corrected chi connectivity index (χ0v) is 12.5. The molecule has 0 aromatic carbocycles. The normalized spacial score (nSPS) is 17.7. The summed E-state index contributed by atoms with van der Waals surface area (Å²) in [6.07, 6.45) is 5.08. The molecule has 0 saturated carbocycles. The molecular weight excluding hydrogens is 286 g/mol. The van der Waals surface area contributed by atoms with Crippen LogP contribution in [0.5, 0.6) is 0 Å². The summed E-state index contributed by atoms with van der Waals surface area (Å²) in [5.41, 5.74) is 0. The van der Waals surface area contributed by atoms with Crippen molar-refractivity contribution >= 4 is 21.8 Å². The van der Waals surface area contributed by atoms with Gasteiger partial charge in [0.1, 0.15) is 0 Å². The second-order valence-corrected chi connectivity index (χ2v) is 7.58. The molecule has 0 radical (unpaired) electrons. The molecule has 108 valence electrons. The van der Waals surface area contributed by atoms with Crippen LogP contribution < -0.4 is 4.72 Å². The molecule has 1 aromatic rings. The van der Waals surface area contributed by atoms with Gasteiger partial charge < -0.3 is 9.30 Å². The highest BCUT2D eigenvalue weighted by atomic mass is 32.2. The van der Waals surface area contributed by atoms with Crippen molar-refractivity contribution in [2.45, 2.75) is 23.1 Å². The minimum absolute atomic E-state index is 0.0751. The average Bonchev–Trinajstić information content (AvgIpc) is 2.84. The zero-order chi connectivity index (χ0) is 13.7. The highest BCUT2D eigenvalue weighted by molar-refractivity contribution is 8.00. The minimum Gasteiger partial charge on any atom is -0.381 e. The quantitative estimate of drug-likeness (QED) is 0.780. The van der Waals surface area contributed by atoms with Crippen molar-refractivity contribution in [1.82, 2.24) is 14.3 Å². The molecule has 1 fully saturated rings. The molecule has 1 N–H and O–H groups in total. The van der Waals surface area contributed by atoms with Crippen LogP contribution in [0, 0.1) is 0 Å². The number of thioether (sulfide) groups is 1. The molecule has 0 bridgehead atoms. The van der Waals surface area contributed by atoms with Crippen LogP contribution in [0.2, 0.25) is 0 Å². The molecule has 1 aliphatic heterocycles. The standard InChI is InChI=1S/C11H19N3O3S2/c1-14-8-11(12-9-14)19(15,16)13-4-7-18-10-2-5-17-6-3-10/h8-10,13H,2-7H2,1H3. The number of nitrogens with zero attached hydrogens (tertiary/aromatic N) is 2. The Kier molecular flexibility index (Phi) is 5.26. The van der Waals surface area contributed by atoms with E-state index < -0.39 is 10.0 Å². The number of aryl methyl sites for hydroxylation is 1. The van der Waals surface area contributed by atoms with E-state index in [0.717, 1.165) is 31.8 Å². The molecule has 2 rings (SSSR count). The van der Waals surface area contributed by atoms with Gasteiger partial charge in [-0.1, -0.05) is 0 Å². The Morgan fingerprint density at radius 3 is 2.89 bits per heavy atom.